The summed E-state index contributed by atoms with van der Waals surface area (Å²) in [6, 6.07) is 1.91. The van der Waals surface area contributed by atoms with Crippen molar-refractivity contribution in [3.8, 4) is 11.5 Å². The van der Waals surface area contributed by atoms with Crippen molar-refractivity contribution in [1.29, 1.82) is 0 Å². The van der Waals surface area contributed by atoms with Gasteiger partial charge in [-0.3, -0.25) is 0 Å². The maximum Gasteiger partial charge on any atom is 0.162 e. The predicted molar refractivity (Wildman–Crippen MR) is 63.6 cm³/mol. The summed E-state index contributed by atoms with van der Waals surface area (Å²) in [4.78, 5) is 0. The van der Waals surface area contributed by atoms with Crippen LogP contribution in [0.4, 0.5) is 0 Å². The average Bonchev–Trinajstić information content (AvgIpc) is 2.68. The van der Waals surface area contributed by atoms with E-state index >= 15 is 0 Å². The molecule has 16 heavy (non-hydrogen) atoms. The lowest BCUT2D eigenvalue weighted by Crippen LogP contribution is -2.33. The number of aryl methyl sites for hydroxylation is 1. The number of hydrogen-bond donors (Lipinski definition) is 3. The first-order valence-electron chi connectivity index (χ1n) is 5.77. The summed E-state index contributed by atoms with van der Waals surface area (Å²) in [6.07, 6.45) is 3.93. The number of aromatic hydroxyl groups is 2. The summed E-state index contributed by atoms with van der Waals surface area (Å²) in [5, 5.41) is 19.8. The highest BCUT2D eigenvalue weighted by molar-refractivity contribution is 5.55. The molecular weight excluding hydrogens is 202 g/mol. The van der Waals surface area contributed by atoms with Crippen LogP contribution in [0, 0.1) is 13.8 Å². The van der Waals surface area contributed by atoms with Crippen molar-refractivity contribution in [2.45, 2.75) is 45.1 Å². The summed E-state index contributed by atoms with van der Waals surface area (Å²) >= 11 is 0. The maximum absolute atomic E-state index is 10.00. The third-order valence-electron chi connectivity index (χ3n) is 3.82. The molecular formula is C13H19NO2. The van der Waals surface area contributed by atoms with Gasteiger partial charge in [-0.1, -0.05) is 12.8 Å². The van der Waals surface area contributed by atoms with E-state index < -0.39 is 5.54 Å². The minimum Gasteiger partial charge on any atom is -0.504 e. The molecule has 3 heteroatoms. The molecule has 0 spiro atoms. The van der Waals surface area contributed by atoms with Gasteiger partial charge in [0.15, 0.2) is 11.5 Å². The Bertz CT molecular complexity index is 420. The van der Waals surface area contributed by atoms with Crippen LogP contribution in [0.5, 0.6) is 11.5 Å². The molecule has 0 unspecified atom stereocenters. The summed E-state index contributed by atoms with van der Waals surface area (Å²) in [6.45, 7) is 3.72. The van der Waals surface area contributed by atoms with Gasteiger partial charge in [0, 0.05) is 11.1 Å². The Labute approximate surface area is 95.9 Å². The van der Waals surface area contributed by atoms with Crippen molar-refractivity contribution in [3.05, 3.63) is 22.8 Å². The van der Waals surface area contributed by atoms with Crippen LogP contribution in [0.3, 0.4) is 0 Å². The first-order valence-corrected chi connectivity index (χ1v) is 5.77. The molecule has 0 saturated heterocycles. The van der Waals surface area contributed by atoms with Crippen LogP contribution in [-0.2, 0) is 5.54 Å². The quantitative estimate of drug-likeness (QED) is 0.638. The second-order valence-electron chi connectivity index (χ2n) is 4.93. The zero-order valence-corrected chi connectivity index (χ0v) is 9.88. The van der Waals surface area contributed by atoms with Crippen molar-refractivity contribution >= 4 is 0 Å². The molecule has 4 N–H and O–H groups in total. The van der Waals surface area contributed by atoms with Gasteiger partial charge < -0.3 is 15.9 Å². The van der Waals surface area contributed by atoms with E-state index in [0.717, 1.165) is 36.8 Å². The van der Waals surface area contributed by atoms with Crippen LogP contribution in [0.2, 0.25) is 0 Å². The van der Waals surface area contributed by atoms with Crippen LogP contribution in [0.15, 0.2) is 6.07 Å². The van der Waals surface area contributed by atoms with E-state index in [0.29, 0.717) is 5.56 Å². The number of nitrogens with two attached hydrogens (primary N) is 1. The smallest absolute Gasteiger partial charge is 0.162 e. The molecule has 3 nitrogen and oxygen atoms in total. The first kappa shape index (κ1) is 11.3. The summed E-state index contributed by atoms with van der Waals surface area (Å²) in [7, 11) is 0. The molecule has 0 atom stereocenters. The SMILES string of the molecule is Cc1cc(C2(N)CCCC2)c(O)c(O)c1C. The van der Waals surface area contributed by atoms with Gasteiger partial charge in [0.1, 0.15) is 0 Å². The Balaban J connectivity index is 2.57. The highest BCUT2D eigenvalue weighted by atomic mass is 16.3. The maximum atomic E-state index is 10.00. The second kappa shape index (κ2) is 3.67. The van der Waals surface area contributed by atoms with E-state index in [2.05, 4.69) is 0 Å². The average molecular weight is 221 g/mol. The molecule has 1 aromatic rings. The Hall–Kier alpha value is -1.22. The zero-order valence-electron chi connectivity index (χ0n) is 9.88. The van der Waals surface area contributed by atoms with Crippen molar-refractivity contribution in [3.63, 3.8) is 0 Å². The summed E-state index contributed by atoms with van der Waals surface area (Å²) in [5.41, 5.74) is 8.24. The molecule has 1 aliphatic rings. The van der Waals surface area contributed by atoms with Crippen molar-refractivity contribution < 1.29 is 10.2 Å². The molecule has 0 bridgehead atoms. The topological polar surface area (TPSA) is 66.5 Å². The molecule has 88 valence electrons. The summed E-state index contributed by atoms with van der Waals surface area (Å²) in [5.74, 6) is -0.0563. The fourth-order valence-corrected chi connectivity index (χ4v) is 2.54. The van der Waals surface area contributed by atoms with Gasteiger partial charge in [-0.05, 0) is 43.9 Å². The molecule has 0 aromatic heterocycles. The molecule has 1 aliphatic carbocycles. The van der Waals surface area contributed by atoms with Crippen LogP contribution in [0.25, 0.3) is 0 Å². The molecule has 0 heterocycles. The molecule has 1 saturated carbocycles. The van der Waals surface area contributed by atoms with Crippen molar-refractivity contribution in [2.24, 2.45) is 5.73 Å². The van der Waals surface area contributed by atoms with Gasteiger partial charge in [0.05, 0.1) is 0 Å². The van der Waals surface area contributed by atoms with Gasteiger partial charge in [-0.15, -0.1) is 0 Å². The number of rotatable bonds is 1. The Kier molecular flexibility index (Phi) is 2.58. The normalized spacial score (nSPS) is 18.9. The van der Waals surface area contributed by atoms with Gasteiger partial charge >= 0.3 is 0 Å². The van der Waals surface area contributed by atoms with Crippen molar-refractivity contribution in [1.82, 2.24) is 0 Å². The molecule has 2 rings (SSSR count). The third kappa shape index (κ3) is 1.55. The van der Waals surface area contributed by atoms with E-state index in [1.165, 1.54) is 0 Å². The molecule has 1 aromatic carbocycles. The largest absolute Gasteiger partial charge is 0.504 e. The minimum atomic E-state index is -0.458. The van der Waals surface area contributed by atoms with E-state index in [4.69, 9.17) is 5.73 Å². The van der Waals surface area contributed by atoms with E-state index in [9.17, 15) is 10.2 Å². The molecule has 0 radical (unpaired) electrons. The first-order chi connectivity index (χ1) is 7.46. The van der Waals surface area contributed by atoms with Crippen LogP contribution < -0.4 is 5.73 Å². The Morgan fingerprint density at radius 2 is 1.69 bits per heavy atom. The Morgan fingerprint density at radius 1 is 1.12 bits per heavy atom. The Morgan fingerprint density at radius 3 is 2.25 bits per heavy atom. The van der Waals surface area contributed by atoms with E-state index in [1.807, 2.05) is 13.0 Å². The standard InChI is InChI=1S/C13H19NO2/c1-8-7-10(12(16)11(15)9(8)2)13(14)5-3-4-6-13/h7,15-16H,3-6,14H2,1-2H3. The fraction of sp³-hybridized carbons (Fsp3) is 0.538. The minimum absolute atomic E-state index is 0.0216. The third-order valence-corrected chi connectivity index (χ3v) is 3.82. The van der Waals surface area contributed by atoms with Gasteiger partial charge in [0.2, 0.25) is 0 Å². The van der Waals surface area contributed by atoms with Gasteiger partial charge in [-0.25, -0.2) is 0 Å². The monoisotopic (exact) mass is 221 g/mol. The van der Waals surface area contributed by atoms with Crippen molar-refractivity contribution in [2.75, 3.05) is 0 Å². The molecule has 0 amide bonds. The highest BCUT2D eigenvalue weighted by Gasteiger charge is 2.34. The number of hydrogen-bond acceptors (Lipinski definition) is 3. The summed E-state index contributed by atoms with van der Waals surface area (Å²) < 4.78 is 0. The highest BCUT2D eigenvalue weighted by Crippen LogP contribution is 2.45. The second-order valence-corrected chi connectivity index (χ2v) is 4.93. The number of phenolic OH excluding ortho intramolecular Hbond substituents is 2. The predicted octanol–water partition coefficient (Wildman–Crippen LogP) is 2.44. The fourth-order valence-electron chi connectivity index (χ4n) is 2.54. The van der Waals surface area contributed by atoms with Gasteiger partial charge in [0.25, 0.3) is 0 Å². The lowest BCUT2D eigenvalue weighted by molar-refractivity contribution is 0.371. The number of benzene rings is 1. The van der Waals surface area contributed by atoms with E-state index in [1.54, 1.807) is 6.92 Å². The molecule has 1 fully saturated rings. The van der Waals surface area contributed by atoms with Crippen LogP contribution >= 0.6 is 0 Å². The van der Waals surface area contributed by atoms with E-state index in [-0.39, 0.29) is 11.5 Å². The van der Waals surface area contributed by atoms with Gasteiger partial charge in [-0.2, -0.15) is 0 Å². The lowest BCUT2D eigenvalue weighted by atomic mass is 9.86. The zero-order chi connectivity index (χ0) is 11.9. The number of phenols is 2. The lowest BCUT2D eigenvalue weighted by Gasteiger charge is -2.26. The van der Waals surface area contributed by atoms with Crippen LogP contribution in [-0.4, -0.2) is 10.2 Å². The molecule has 0 aliphatic heterocycles. The van der Waals surface area contributed by atoms with Crippen LogP contribution in [0.1, 0.15) is 42.4 Å².